The fraction of sp³-hybridized carbons (Fsp3) is 0.533. The summed E-state index contributed by atoms with van der Waals surface area (Å²) in [6.07, 6.45) is 2.88. The Morgan fingerprint density at radius 2 is 2.20 bits per heavy atom. The molecule has 0 atom stereocenters. The lowest BCUT2D eigenvalue weighted by molar-refractivity contribution is -0.123. The number of aryl methyl sites for hydroxylation is 1. The molecule has 1 saturated heterocycles. The molecule has 0 saturated carbocycles. The van der Waals surface area contributed by atoms with Gasteiger partial charge in [0.2, 0.25) is 5.91 Å². The predicted molar refractivity (Wildman–Crippen MR) is 78.0 cm³/mol. The molecule has 2 rings (SSSR count). The van der Waals surface area contributed by atoms with Gasteiger partial charge in [-0.15, -0.1) is 0 Å². The molecule has 0 aliphatic carbocycles. The number of amides is 1. The lowest BCUT2D eigenvalue weighted by atomic mass is 10.1. The number of phenols is 1. The first-order chi connectivity index (χ1) is 9.69. The Kier molecular flexibility index (Phi) is 5.38. The second-order valence-electron chi connectivity index (χ2n) is 5.01. The van der Waals surface area contributed by atoms with Crippen molar-refractivity contribution in [3.05, 3.63) is 23.8 Å². The van der Waals surface area contributed by atoms with Crippen LogP contribution in [0.4, 0.5) is 5.69 Å². The lowest BCUT2D eigenvalue weighted by Gasteiger charge is -2.22. The minimum atomic E-state index is -0.230. The second kappa shape index (κ2) is 7.26. The number of rotatable bonds is 5. The van der Waals surface area contributed by atoms with E-state index in [-0.39, 0.29) is 24.4 Å². The number of piperidine rings is 1. The average Bonchev–Trinajstić information content (AvgIpc) is 2.48. The van der Waals surface area contributed by atoms with Crippen LogP contribution in [-0.4, -0.2) is 36.8 Å². The number of hydrogen-bond acceptors (Lipinski definition) is 4. The van der Waals surface area contributed by atoms with Crippen molar-refractivity contribution in [2.45, 2.75) is 32.3 Å². The van der Waals surface area contributed by atoms with Crippen molar-refractivity contribution in [1.29, 1.82) is 0 Å². The van der Waals surface area contributed by atoms with Gasteiger partial charge in [-0.25, -0.2) is 0 Å². The summed E-state index contributed by atoms with van der Waals surface area (Å²) in [5.74, 6) is -0.149. The number of carbonyl (C=O) groups is 1. The van der Waals surface area contributed by atoms with Crippen LogP contribution in [0.3, 0.4) is 0 Å². The monoisotopic (exact) mass is 278 g/mol. The number of hydrogen-bond donors (Lipinski definition) is 3. The smallest absolute Gasteiger partial charge is 0.250 e. The third-order valence-electron chi connectivity index (χ3n) is 3.48. The SMILES string of the molecule is CCc1ccc(O)c(NC(=O)COC2CCNCC2)c1. The third kappa shape index (κ3) is 4.21. The van der Waals surface area contributed by atoms with Gasteiger partial charge in [0, 0.05) is 0 Å². The standard InChI is InChI=1S/C15H22N2O3/c1-2-11-3-4-14(18)13(9-11)17-15(19)10-20-12-5-7-16-8-6-12/h3-4,9,12,16,18H,2,5-8,10H2,1H3,(H,17,19). The molecule has 1 aromatic rings. The minimum Gasteiger partial charge on any atom is -0.506 e. The van der Waals surface area contributed by atoms with E-state index < -0.39 is 0 Å². The van der Waals surface area contributed by atoms with Gasteiger partial charge >= 0.3 is 0 Å². The highest BCUT2D eigenvalue weighted by Gasteiger charge is 2.15. The fourth-order valence-corrected chi connectivity index (χ4v) is 2.25. The first kappa shape index (κ1) is 14.8. The number of carbonyl (C=O) groups excluding carboxylic acids is 1. The zero-order valence-corrected chi connectivity index (χ0v) is 11.8. The van der Waals surface area contributed by atoms with Gasteiger partial charge in [-0.05, 0) is 50.0 Å². The maximum absolute atomic E-state index is 11.8. The number of phenolic OH excluding ortho intramolecular Hbond substituents is 1. The number of benzene rings is 1. The quantitative estimate of drug-likeness (QED) is 0.716. The molecule has 20 heavy (non-hydrogen) atoms. The molecule has 0 spiro atoms. The summed E-state index contributed by atoms with van der Waals surface area (Å²) in [5, 5.41) is 15.7. The van der Waals surface area contributed by atoms with Crippen LogP contribution >= 0.6 is 0 Å². The zero-order valence-electron chi connectivity index (χ0n) is 11.8. The molecule has 1 aliphatic heterocycles. The van der Waals surface area contributed by atoms with E-state index in [0.29, 0.717) is 5.69 Å². The van der Waals surface area contributed by atoms with Crippen LogP contribution in [0.25, 0.3) is 0 Å². The van der Waals surface area contributed by atoms with Crippen LogP contribution in [0, 0.1) is 0 Å². The maximum atomic E-state index is 11.8. The number of ether oxygens (including phenoxy) is 1. The first-order valence-corrected chi connectivity index (χ1v) is 7.13. The summed E-state index contributed by atoms with van der Waals surface area (Å²) in [6, 6.07) is 5.23. The van der Waals surface area contributed by atoms with Crippen molar-refractivity contribution < 1.29 is 14.6 Å². The minimum absolute atomic E-state index is 0.0282. The maximum Gasteiger partial charge on any atom is 0.250 e. The van der Waals surface area contributed by atoms with E-state index >= 15 is 0 Å². The van der Waals surface area contributed by atoms with Crippen LogP contribution in [-0.2, 0) is 16.0 Å². The molecule has 0 radical (unpaired) electrons. The van der Waals surface area contributed by atoms with Crippen LogP contribution in [0.2, 0.25) is 0 Å². The Morgan fingerprint density at radius 3 is 2.90 bits per heavy atom. The van der Waals surface area contributed by atoms with Crippen molar-refractivity contribution in [2.75, 3.05) is 25.0 Å². The van der Waals surface area contributed by atoms with Gasteiger partial charge in [0.25, 0.3) is 0 Å². The Labute approximate surface area is 119 Å². The van der Waals surface area contributed by atoms with Crippen LogP contribution < -0.4 is 10.6 Å². The molecule has 1 fully saturated rings. The van der Waals surface area contributed by atoms with E-state index in [0.717, 1.165) is 37.9 Å². The molecule has 3 N–H and O–H groups in total. The molecule has 0 aromatic heterocycles. The van der Waals surface area contributed by atoms with Crippen molar-refractivity contribution in [3.8, 4) is 5.75 Å². The number of aromatic hydroxyl groups is 1. The molecule has 110 valence electrons. The highest BCUT2D eigenvalue weighted by atomic mass is 16.5. The molecule has 0 bridgehead atoms. The second-order valence-corrected chi connectivity index (χ2v) is 5.01. The fourth-order valence-electron chi connectivity index (χ4n) is 2.25. The molecule has 1 heterocycles. The lowest BCUT2D eigenvalue weighted by Crippen LogP contribution is -2.34. The van der Waals surface area contributed by atoms with Crippen molar-refractivity contribution in [1.82, 2.24) is 5.32 Å². The van der Waals surface area contributed by atoms with Crippen LogP contribution in [0.5, 0.6) is 5.75 Å². The van der Waals surface area contributed by atoms with Crippen molar-refractivity contribution in [3.63, 3.8) is 0 Å². The van der Waals surface area contributed by atoms with E-state index in [1.165, 1.54) is 0 Å². The van der Waals surface area contributed by atoms with E-state index in [2.05, 4.69) is 10.6 Å². The van der Waals surface area contributed by atoms with Crippen LogP contribution in [0.1, 0.15) is 25.3 Å². The Hall–Kier alpha value is -1.59. The molecule has 5 nitrogen and oxygen atoms in total. The van der Waals surface area contributed by atoms with E-state index in [4.69, 9.17) is 4.74 Å². The largest absolute Gasteiger partial charge is 0.506 e. The molecule has 1 amide bonds. The number of anilines is 1. The van der Waals surface area contributed by atoms with Gasteiger partial charge in [-0.3, -0.25) is 4.79 Å². The molecule has 0 unspecified atom stereocenters. The molecular formula is C15H22N2O3. The highest BCUT2D eigenvalue weighted by Crippen LogP contribution is 2.24. The predicted octanol–water partition coefficient (Wildman–Crippen LogP) is 1.66. The summed E-state index contributed by atoms with van der Waals surface area (Å²) in [4.78, 5) is 11.8. The summed E-state index contributed by atoms with van der Waals surface area (Å²) in [6.45, 7) is 3.93. The first-order valence-electron chi connectivity index (χ1n) is 7.13. The Morgan fingerprint density at radius 1 is 1.45 bits per heavy atom. The molecular weight excluding hydrogens is 256 g/mol. The Balaban J connectivity index is 1.84. The zero-order chi connectivity index (χ0) is 14.4. The highest BCUT2D eigenvalue weighted by molar-refractivity contribution is 5.93. The summed E-state index contributed by atoms with van der Waals surface area (Å²) in [7, 11) is 0. The van der Waals surface area contributed by atoms with Crippen molar-refractivity contribution >= 4 is 11.6 Å². The van der Waals surface area contributed by atoms with Gasteiger partial charge < -0.3 is 20.5 Å². The normalized spacial score (nSPS) is 16.1. The summed E-state index contributed by atoms with van der Waals surface area (Å²) < 4.78 is 5.58. The van der Waals surface area contributed by atoms with Gasteiger partial charge in [0.1, 0.15) is 12.4 Å². The van der Waals surface area contributed by atoms with Gasteiger partial charge in [0.05, 0.1) is 11.8 Å². The average molecular weight is 278 g/mol. The summed E-state index contributed by atoms with van der Waals surface area (Å²) >= 11 is 0. The number of nitrogens with one attached hydrogen (secondary N) is 2. The van der Waals surface area contributed by atoms with Gasteiger partial charge in [0.15, 0.2) is 0 Å². The van der Waals surface area contributed by atoms with E-state index in [1.54, 1.807) is 12.1 Å². The molecule has 1 aliphatic rings. The van der Waals surface area contributed by atoms with E-state index in [9.17, 15) is 9.90 Å². The van der Waals surface area contributed by atoms with Crippen LogP contribution in [0.15, 0.2) is 18.2 Å². The third-order valence-corrected chi connectivity index (χ3v) is 3.48. The van der Waals surface area contributed by atoms with Gasteiger partial charge in [-0.2, -0.15) is 0 Å². The topological polar surface area (TPSA) is 70.6 Å². The molecule has 5 heteroatoms. The molecule has 1 aromatic carbocycles. The Bertz CT molecular complexity index is 456. The summed E-state index contributed by atoms with van der Waals surface area (Å²) in [5.41, 5.74) is 1.51. The van der Waals surface area contributed by atoms with Gasteiger partial charge in [-0.1, -0.05) is 13.0 Å². The van der Waals surface area contributed by atoms with E-state index in [1.807, 2.05) is 13.0 Å². The van der Waals surface area contributed by atoms with Crippen molar-refractivity contribution in [2.24, 2.45) is 0 Å².